The molecule has 8 heteroatoms. The van der Waals surface area contributed by atoms with Crippen molar-refractivity contribution < 1.29 is 14.4 Å². The number of carbonyl (C=O) groups excluding carboxylic acids is 3. The normalized spacial score (nSPS) is 13.6. The second-order valence-electron chi connectivity index (χ2n) is 8.71. The first kappa shape index (κ1) is 23.2. The highest BCUT2D eigenvalue weighted by Gasteiger charge is 2.32. The molecular formula is C28H25N5O3. The summed E-state index contributed by atoms with van der Waals surface area (Å²) in [4.78, 5) is 43.3. The highest BCUT2D eigenvalue weighted by Crippen LogP contribution is 2.20. The van der Waals surface area contributed by atoms with Crippen LogP contribution < -0.4 is 10.6 Å². The van der Waals surface area contributed by atoms with Gasteiger partial charge in [-0.05, 0) is 36.6 Å². The largest absolute Gasteiger partial charge is 0.347 e. The van der Waals surface area contributed by atoms with Crippen LogP contribution in [0, 0.1) is 0 Å². The minimum absolute atomic E-state index is 0.0399. The van der Waals surface area contributed by atoms with E-state index in [9.17, 15) is 14.4 Å². The van der Waals surface area contributed by atoms with Crippen LogP contribution in [0.4, 0.5) is 0 Å². The fraction of sp³-hybridized carbons (Fsp3) is 0.179. The summed E-state index contributed by atoms with van der Waals surface area (Å²) in [6, 6.07) is 23.1. The summed E-state index contributed by atoms with van der Waals surface area (Å²) in [5, 5.41) is 10.1. The fourth-order valence-electron chi connectivity index (χ4n) is 3.90. The number of ketones is 1. The number of Topliss-reactive ketones (excluding diaryl/α,β-unsaturated/α-hetero) is 1. The molecule has 1 saturated carbocycles. The number of rotatable bonds is 9. The van der Waals surface area contributed by atoms with Gasteiger partial charge in [0.2, 0.25) is 5.78 Å². The maximum absolute atomic E-state index is 13.4. The molecule has 0 radical (unpaired) electrons. The molecular weight excluding hydrogens is 454 g/mol. The predicted octanol–water partition coefficient (Wildman–Crippen LogP) is 3.12. The lowest BCUT2D eigenvalue weighted by Crippen LogP contribution is -2.49. The van der Waals surface area contributed by atoms with Crippen molar-refractivity contribution in [2.45, 2.75) is 31.3 Å². The molecule has 1 atom stereocenters. The quantitative estimate of drug-likeness (QED) is 0.359. The Labute approximate surface area is 208 Å². The van der Waals surface area contributed by atoms with Gasteiger partial charge >= 0.3 is 0 Å². The second kappa shape index (κ2) is 10.4. The van der Waals surface area contributed by atoms with Crippen LogP contribution in [0.2, 0.25) is 0 Å². The molecule has 0 saturated heterocycles. The number of benzene rings is 2. The van der Waals surface area contributed by atoms with Crippen LogP contribution in [-0.4, -0.2) is 44.4 Å². The smallest absolute Gasteiger partial charge is 0.289 e. The van der Waals surface area contributed by atoms with E-state index in [4.69, 9.17) is 0 Å². The molecule has 1 aliphatic carbocycles. The standard InChI is InChI=1S/C28H25N5O3/c34-25(28(36)30-21-13-14-21)24(18-19-8-3-1-4-9-19)31-27(35)22-12-7-16-29-26(22)33-17-15-23(32-33)20-10-5-2-6-11-20/h1-12,15-17,21,24H,13-14,18H2,(H,30,36)(H,31,35)/t24-/m0/s1. The second-order valence-corrected chi connectivity index (χ2v) is 8.71. The third kappa shape index (κ3) is 5.38. The third-order valence-electron chi connectivity index (χ3n) is 5.95. The lowest BCUT2D eigenvalue weighted by Gasteiger charge is -2.18. The maximum Gasteiger partial charge on any atom is 0.289 e. The summed E-state index contributed by atoms with van der Waals surface area (Å²) < 4.78 is 1.53. The predicted molar refractivity (Wildman–Crippen MR) is 134 cm³/mol. The first-order chi connectivity index (χ1) is 17.6. The Balaban J connectivity index is 1.40. The molecule has 2 amide bonds. The van der Waals surface area contributed by atoms with Gasteiger partial charge in [-0.3, -0.25) is 14.4 Å². The number of carbonyl (C=O) groups is 3. The first-order valence-corrected chi connectivity index (χ1v) is 11.8. The Morgan fingerprint density at radius 3 is 2.36 bits per heavy atom. The van der Waals surface area contributed by atoms with Crippen molar-refractivity contribution in [3.8, 4) is 17.1 Å². The van der Waals surface area contributed by atoms with E-state index in [1.165, 1.54) is 4.68 Å². The van der Waals surface area contributed by atoms with Gasteiger partial charge in [0.15, 0.2) is 5.82 Å². The molecule has 1 fully saturated rings. The molecule has 2 aromatic heterocycles. The minimum atomic E-state index is -1.02. The van der Waals surface area contributed by atoms with Crippen LogP contribution in [0.15, 0.2) is 91.3 Å². The van der Waals surface area contributed by atoms with Gasteiger partial charge in [0.25, 0.3) is 11.8 Å². The van der Waals surface area contributed by atoms with E-state index in [1.807, 2.05) is 66.7 Å². The van der Waals surface area contributed by atoms with Crippen molar-refractivity contribution in [1.29, 1.82) is 0 Å². The minimum Gasteiger partial charge on any atom is -0.347 e. The summed E-state index contributed by atoms with van der Waals surface area (Å²) in [6.07, 6.45) is 5.23. The Hall–Kier alpha value is -4.59. The van der Waals surface area contributed by atoms with Crippen molar-refractivity contribution >= 4 is 17.6 Å². The van der Waals surface area contributed by atoms with Crippen LogP contribution in [0.3, 0.4) is 0 Å². The number of pyridine rings is 1. The van der Waals surface area contributed by atoms with Gasteiger partial charge < -0.3 is 10.6 Å². The first-order valence-electron chi connectivity index (χ1n) is 11.8. The lowest BCUT2D eigenvalue weighted by atomic mass is 10.0. The number of hydrogen-bond donors (Lipinski definition) is 2. The van der Waals surface area contributed by atoms with Gasteiger partial charge in [-0.2, -0.15) is 5.10 Å². The number of hydrogen-bond acceptors (Lipinski definition) is 5. The topological polar surface area (TPSA) is 106 Å². The molecule has 0 bridgehead atoms. The molecule has 0 unspecified atom stereocenters. The molecule has 2 aromatic carbocycles. The van der Waals surface area contributed by atoms with Crippen molar-refractivity contribution in [2.75, 3.05) is 0 Å². The monoisotopic (exact) mass is 479 g/mol. The average Bonchev–Trinajstić information content (AvgIpc) is 3.60. The summed E-state index contributed by atoms with van der Waals surface area (Å²) in [5.41, 5.74) is 2.75. The van der Waals surface area contributed by atoms with Gasteiger partial charge in [-0.15, -0.1) is 0 Å². The van der Waals surface area contributed by atoms with Crippen LogP contribution in [-0.2, 0) is 16.0 Å². The van der Waals surface area contributed by atoms with E-state index in [0.29, 0.717) is 5.82 Å². The van der Waals surface area contributed by atoms with E-state index in [2.05, 4.69) is 20.7 Å². The third-order valence-corrected chi connectivity index (χ3v) is 5.95. The fourth-order valence-corrected chi connectivity index (χ4v) is 3.90. The SMILES string of the molecule is O=C(NC1CC1)C(=O)[C@H](Cc1ccccc1)NC(=O)c1cccnc1-n1ccc(-c2ccccc2)n1. The summed E-state index contributed by atoms with van der Waals surface area (Å²) >= 11 is 0. The Bertz CT molecular complexity index is 1380. The Kier molecular flexibility index (Phi) is 6.66. The van der Waals surface area contributed by atoms with Crippen LogP contribution >= 0.6 is 0 Å². The lowest BCUT2D eigenvalue weighted by molar-refractivity contribution is -0.139. The van der Waals surface area contributed by atoms with E-state index in [0.717, 1.165) is 29.7 Å². The molecule has 5 rings (SSSR count). The van der Waals surface area contributed by atoms with E-state index >= 15 is 0 Å². The molecule has 4 aromatic rings. The molecule has 180 valence electrons. The van der Waals surface area contributed by atoms with E-state index in [1.54, 1.807) is 24.5 Å². The van der Waals surface area contributed by atoms with Crippen molar-refractivity contribution in [3.63, 3.8) is 0 Å². The van der Waals surface area contributed by atoms with Gasteiger partial charge in [0.1, 0.15) is 6.04 Å². The molecule has 0 aliphatic heterocycles. The highest BCUT2D eigenvalue weighted by molar-refractivity contribution is 6.38. The molecule has 1 aliphatic rings. The number of amides is 2. The Morgan fingerprint density at radius 1 is 0.917 bits per heavy atom. The van der Waals surface area contributed by atoms with Crippen LogP contribution in [0.1, 0.15) is 28.8 Å². The van der Waals surface area contributed by atoms with E-state index < -0.39 is 23.6 Å². The molecule has 36 heavy (non-hydrogen) atoms. The highest BCUT2D eigenvalue weighted by atomic mass is 16.2. The summed E-state index contributed by atoms with van der Waals surface area (Å²) in [7, 11) is 0. The zero-order chi connectivity index (χ0) is 24.9. The molecule has 8 nitrogen and oxygen atoms in total. The van der Waals surface area contributed by atoms with Gasteiger partial charge in [0.05, 0.1) is 11.3 Å². The maximum atomic E-state index is 13.4. The van der Waals surface area contributed by atoms with E-state index in [-0.39, 0.29) is 18.0 Å². The number of aromatic nitrogens is 3. The zero-order valence-corrected chi connectivity index (χ0v) is 19.5. The molecule has 2 heterocycles. The van der Waals surface area contributed by atoms with Gasteiger partial charge in [-0.25, -0.2) is 9.67 Å². The zero-order valence-electron chi connectivity index (χ0n) is 19.5. The average molecular weight is 480 g/mol. The molecule has 0 spiro atoms. The van der Waals surface area contributed by atoms with Crippen molar-refractivity contribution in [1.82, 2.24) is 25.4 Å². The Morgan fingerprint density at radius 2 is 1.64 bits per heavy atom. The summed E-state index contributed by atoms with van der Waals surface area (Å²) in [5.74, 6) is -1.53. The van der Waals surface area contributed by atoms with Gasteiger partial charge in [0, 0.05) is 30.4 Å². The van der Waals surface area contributed by atoms with Gasteiger partial charge in [-0.1, -0.05) is 60.7 Å². The molecule has 2 N–H and O–H groups in total. The van der Waals surface area contributed by atoms with Crippen molar-refractivity contribution in [3.05, 3.63) is 102 Å². The van der Waals surface area contributed by atoms with Crippen LogP contribution in [0.25, 0.3) is 17.1 Å². The van der Waals surface area contributed by atoms with Crippen molar-refractivity contribution in [2.24, 2.45) is 0 Å². The summed E-state index contributed by atoms with van der Waals surface area (Å²) in [6.45, 7) is 0. The number of nitrogens with one attached hydrogen (secondary N) is 2. The number of nitrogens with zero attached hydrogens (tertiary/aromatic N) is 3. The van der Waals surface area contributed by atoms with Crippen LogP contribution in [0.5, 0.6) is 0 Å².